The fourth-order valence-electron chi connectivity index (χ4n) is 3.20. The number of rotatable bonds is 4. The number of para-hydroxylation sites is 1. The molecule has 0 unspecified atom stereocenters. The number of amides is 1. The van der Waals surface area contributed by atoms with Crippen LogP contribution in [-0.2, 0) is 4.79 Å². The van der Waals surface area contributed by atoms with E-state index in [2.05, 4.69) is 0 Å². The van der Waals surface area contributed by atoms with Gasteiger partial charge in [0.1, 0.15) is 0 Å². The van der Waals surface area contributed by atoms with E-state index in [0.717, 1.165) is 34.0 Å². The fourth-order valence-corrected chi connectivity index (χ4v) is 5.15. The molecule has 1 amide bonds. The highest BCUT2D eigenvalue weighted by molar-refractivity contribution is 8.00. The van der Waals surface area contributed by atoms with Gasteiger partial charge < -0.3 is 4.90 Å². The van der Waals surface area contributed by atoms with E-state index in [-0.39, 0.29) is 17.7 Å². The third kappa shape index (κ3) is 3.93. The van der Waals surface area contributed by atoms with Gasteiger partial charge in [0.15, 0.2) is 11.6 Å². The lowest BCUT2D eigenvalue weighted by atomic mass is 10.1. The van der Waals surface area contributed by atoms with Crippen LogP contribution in [0.2, 0.25) is 0 Å². The summed E-state index contributed by atoms with van der Waals surface area (Å²) in [6.45, 7) is 0. The summed E-state index contributed by atoms with van der Waals surface area (Å²) in [5, 5.41) is 0. The number of carbonyl (C=O) groups excluding carboxylic acids is 1. The quantitative estimate of drug-likeness (QED) is 0.494. The monoisotopic (exact) mass is 413 g/mol. The van der Waals surface area contributed by atoms with Gasteiger partial charge in [-0.1, -0.05) is 42.5 Å². The molecule has 0 fully saturated rings. The molecule has 28 heavy (non-hydrogen) atoms. The summed E-state index contributed by atoms with van der Waals surface area (Å²) in [6.07, 6.45) is 0. The van der Waals surface area contributed by atoms with Crippen molar-refractivity contribution in [1.82, 2.24) is 0 Å². The Bertz CT molecular complexity index is 997. The van der Waals surface area contributed by atoms with Gasteiger partial charge in [-0.3, -0.25) is 4.79 Å². The van der Waals surface area contributed by atoms with Gasteiger partial charge in [-0.15, -0.1) is 23.5 Å². The minimum atomic E-state index is -0.903. The highest BCUT2D eigenvalue weighted by atomic mass is 32.2. The Labute approximate surface area is 170 Å². The number of nitrogens with zero attached hydrogens (tertiary/aromatic N) is 1. The highest BCUT2D eigenvalue weighted by Crippen LogP contribution is 2.43. The van der Waals surface area contributed by atoms with Gasteiger partial charge in [0, 0.05) is 15.5 Å². The number of hydrogen-bond donors (Lipinski definition) is 0. The van der Waals surface area contributed by atoms with Crippen LogP contribution in [0.4, 0.5) is 14.5 Å². The van der Waals surface area contributed by atoms with Crippen molar-refractivity contribution in [3.8, 4) is 0 Å². The van der Waals surface area contributed by atoms with Crippen LogP contribution >= 0.6 is 23.5 Å². The lowest BCUT2D eigenvalue weighted by Crippen LogP contribution is -2.39. The van der Waals surface area contributed by atoms with Crippen molar-refractivity contribution in [3.63, 3.8) is 0 Å². The van der Waals surface area contributed by atoms with Crippen molar-refractivity contribution >= 4 is 35.1 Å². The lowest BCUT2D eigenvalue weighted by Gasteiger charge is -2.37. The van der Waals surface area contributed by atoms with Crippen molar-refractivity contribution in [2.24, 2.45) is 0 Å². The fraction of sp³-hybridized carbons (Fsp3) is 0.136. The zero-order valence-electron chi connectivity index (χ0n) is 14.8. The van der Waals surface area contributed by atoms with E-state index in [9.17, 15) is 13.6 Å². The second-order valence-electron chi connectivity index (χ2n) is 6.33. The van der Waals surface area contributed by atoms with Crippen molar-refractivity contribution in [1.29, 1.82) is 0 Å². The first-order valence-electron chi connectivity index (χ1n) is 8.80. The average molecular weight is 414 g/mol. The number of carbonyl (C=O) groups is 1. The molecule has 6 heteroatoms. The molecule has 0 bridgehead atoms. The van der Waals surface area contributed by atoms with Crippen LogP contribution in [-0.4, -0.2) is 17.4 Å². The van der Waals surface area contributed by atoms with Gasteiger partial charge in [-0.2, -0.15) is 0 Å². The van der Waals surface area contributed by atoms with E-state index >= 15 is 0 Å². The largest absolute Gasteiger partial charge is 0.302 e. The Kier molecular flexibility index (Phi) is 5.69. The second kappa shape index (κ2) is 8.37. The Morgan fingerprint density at radius 3 is 2.54 bits per heavy atom. The third-order valence-corrected chi connectivity index (χ3v) is 6.66. The molecule has 0 aliphatic carbocycles. The molecular weight excluding hydrogens is 396 g/mol. The Hall–Kier alpha value is -2.31. The van der Waals surface area contributed by atoms with Crippen LogP contribution in [0.1, 0.15) is 11.6 Å². The van der Waals surface area contributed by atoms with Gasteiger partial charge in [-0.25, -0.2) is 8.78 Å². The summed E-state index contributed by atoms with van der Waals surface area (Å²) in [7, 11) is 0. The molecule has 1 heterocycles. The molecule has 0 saturated carbocycles. The smallest absolute Gasteiger partial charge is 0.237 e. The van der Waals surface area contributed by atoms with Crippen molar-refractivity contribution in [2.75, 3.05) is 16.4 Å². The van der Waals surface area contributed by atoms with Crippen molar-refractivity contribution in [2.45, 2.75) is 15.8 Å². The second-order valence-corrected chi connectivity index (χ2v) is 8.44. The molecule has 0 radical (unpaired) electrons. The molecule has 4 rings (SSSR count). The third-order valence-electron chi connectivity index (χ3n) is 4.54. The molecule has 3 aromatic rings. The molecule has 3 aromatic carbocycles. The van der Waals surface area contributed by atoms with Gasteiger partial charge in [0.05, 0.1) is 17.5 Å². The van der Waals surface area contributed by atoms with E-state index in [1.807, 2.05) is 59.5 Å². The standard InChI is InChI=1S/C22H17F2NOS2/c23-17-11-10-16(12-18(17)24)27-14-22(26)25-19-8-4-5-9-21(19)28-13-20(25)15-6-2-1-3-7-15/h1-12,20H,13-14H2/t20-/m0/s1. The molecule has 0 N–H and O–H groups in total. The van der Waals surface area contributed by atoms with Gasteiger partial charge in [0.25, 0.3) is 0 Å². The highest BCUT2D eigenvalue weighted by Gasteiger charge is 2.32. The summed E-state index contributed by atoms with van der Waals surface area (Å²) in [4.78, 5) is 16.6. The maximum atomic E-state index is 13.5. The molecule has 0 aromatic heterocycles. The average Bonchev–Trinajstić information content (AvgIpc) is 2.74. The normalized spacial score (nSPS) is 15.9. The van der Waals surface area contributed by atoms with Gasteiger partial charge in [0.2, 0.25) is 5.91 Å². The van der Waals surface area contributed by atoms with Crippen LogP contribution in [0.15, 0.2) is 82.6 Å². The molecule has 1 atom stereocenters. The number of anilines is 1. The van der Waals surface area contributed by atoms with Crippen LogP contribution in [0.5, 0.6) is 0 Å². The number of halogens is 2. The number of fused-ring (bicyclic) bond motifs is 1. The topological polar surface area (TPSA) is 20.3 Å². The van der Waals surface area contributed by atoms with Crippen LogP contribution in [0, 0.1) is 11.6 Å². The van der Waals surface area contributed by atoms with Crippen LogP contribution in [0.3, 0.4) is 0 Å². The summed E-state index contributed by atoms with van der Waals surface area (Å²) in [6, 6.07) is 21.5. The minimum absolute atomic E-state index is 0.0589. The molecule has 1 aliphatic rings. The molecular formula is C22H17F2NOS2. The first-order chi connectivity index (χ1) is 13.6. The van der Waals surface area contributed by atoms with Crippen LogP contribution in [0.25, 0.3) is 0 Å². The number of hydrogen-bond acceptors (Lipinski definition) is 3. The van der Waals surface area contributed by atoms with E-state index in [4.69, 9.17) is 0 Å². The number of thioether (sulfide) groups is 2. The first-order valence-corrected chi connectivity index (χ1v) is 10.8. The zero-order chi connectivity index (χ0) is 19.5. The van der Waals surface area contributed by atoms with Gasteiger partial charge >= 0.3 is 0 Å². The minimum Gasteiger partial charge on any atom is -0.302 e. The summed E-state index contributed by atoms with van der Waals surface area (Å²) >= 11 is 2.95. The van der Waals surface area contributed by atoms with E-state index in [0.29, 0.717) is 4.90 Å². The predicted molar refractivity (Wildman–Crippen MR) is 111 cm³/mol. The van der Waals surface area contributed by atoms with E-state index < -0.39 is 11.6 Å². The van der Waals surface area contributed by atoms with Crippen LogP contribution < -0.4 is 4.90 Å². The van der Waals surface area contributed by atoms with Crippen molar-refractivity contribution in [3.05, 3.63) is 90.0 Å². The van der Waals surface area contributed by atoms with E-state index in [1.165, 1.54) is 17.8 Å². The predicted octanol–water partition coefficient (Wildman–Crippen LogP) is 5.94. The SMILES string of the molecule is O=C(CSc1ccc(F)c(F)c1)N1c2ccccc2SC[C@H]1c1ccccc1. The maximum Gasteiger partial charge on any atom is 0.237 e. The molecule has 0 saturated heterocycles. The Morgan fingerprint density at radius 2 is 1.75 bits per heavy atom. The van der Waals surface area contributed by atoms with Crippen molar-refractivity contribution < 1.29 is 13.6 Å². The first kappa shape index (κ1) is 19.0. The Morgan fingerprint density at radius 1 is 1.00 bits per heavy atom. The molecule has 2 nitrogen and oxygen atoms in total. The Balaban J connectivity index is 1.61. The summed E-state index contributed by atoms with van der Waals surface area (Å²) < 4.78 is 26.6. The number of benzene rings is 3. The molecule has 142 valence electrons. The maximum absolute atomic E-state index is 13.5. The zero-order valence-corrected chi connectivity index (χ0v) is 16.5. The molecule has 0 spiro atoms. The lowest BCUT2D eigenvalue weighted by molar-refractivity contribution is -0.116. The summed E-state index contributed by atoms with van der Waals surface area (Å²) in [5.74, 6) is -0.937. The van der Waals surface area contributed by atoms with E-state index in [1.54, 1.807) is 11.8 Å². The summed E-state index contributed by atoms with van der Waals surface area (Å²) in [5.41, 5.74) is 1.97. The van der Waals surface area contributed by atoms with Gasteiger partial charge in [-0.05, 0) is 35.9 Å². The molecule has 1 aliphatic heterocycles.